The molecule has 0 radical (unpaired) electrons. The van der Waals surface area contributed by atoms with Crippen LogP contribution in [0.5, 0.6) is 5.75 Å². The predicted octanol–water partition coefficient (Wildman–Crippen LogP) is 4.01. The van der Waals surface area contributed by atoms with Crippen LogP contribution in [0.4, 0.5) is 4.39 Å². The molecule has 38 heavy (non-hydrogen) atoms. The van der Waals surface area contributed by atoms with Gasteiger partial charge in [-0.25, -0.2) is 19.0 Å². The monoisotopic (exact) mass is 552 g/mol. The van der Waals surface area contributed by atoms with Gasteiger partial charge in [-0.2, -0.15) is 0 Å². The molecule has 192 valence electrons. The second-order valence-electron chi connectivity index (χ2n) is 8.14. The number of benzene rings is 2. The highest BCUT2D eigenvalue weighted by Crippen LogP contribution is 2.31. The Morgan fingerprint density at radius 2 is 1.89 bits per heavy atom. The molecule has 0 aliphatic carbocycles. The van der Waals surface area contributed by atoms with Gasteiger partial charge < -0.3 is 13.9 Å². The molecule has 2 aromatic carbocycles. The van der Waals surface area contributed by atoms with E-state index in [1.165, 1.54) is 60.4 Å². The van der Waals surface area contributed by atoms with Gasteiger partial charge in [0.15, 0.2) is 4.80 Å². The number of hydrogen-bond donors (Lipinski definition) is 0. The number of carbonyl (C=O) groups excluding carboxylic acids is 2. The van der Waals surface area contributed by atoms with Crippen LogP contribution in [0, 0.1) is 5.82 Å². The first-order valence-corrected chi connectivity index (χ1v) is 12.4. The number of furan rings is 1. The number of nitrogens with zero attached hydrogens (tertiary/aromatic N) is 2. The van der Waals surface area contributed by atoms with Crippen LogP contribution in [0.25, 0.3) is 6.08 Å². The molecule has 1 atom stereocenters. The quantitative estimate of drug-likeness (QED) is 0.274. The highest BCUT2D eigenvalue weighted by molar-refractivity contribution is 7.07. The summed E-state index contributed by atoms with van der Waals surface area (Å²) in [6.07, 6.45) is 2.73. The second kappa shape index (κ2) is 10.2. The van der Waals surface area contributed by atoms with Crippen LogP contribution < -0.4 is 19.6 Å². The van der Waals surface area contributed by atoms with Crippen LogP contribution in [0.3, 0.4) is 0 Å². The Hall–Kier alpha value is -4.28. The van der Waals surface area contributed by atoms with Crippen LogP contribution in [0.15, 0.2) is 86.3 Å². The lowest BCUT2D eigenvalue weighted by molar-refractivity contribution is -0.136. The van der Waals surface area contributed by atoms with Crippen molar-refractivity contribution in [3.05, 3.63) is 120 Å². The van der Waals surface area contributed by atoms with E-state index in [0.29, 0.717) is 16.1 Å². The highest BCUT2D eigenvalue weighted by Gasteiger charge is 2.33. The average molecular weight is 553 g/mol. The van der Waals surface area contributed by atoms with Gasteiger partial charge in [0, 0.05) is 5.56 Å². The Morgan fingerprint density at radius 3 is 2.55 bits per heavy atom. The Balaban J connectivity index is 1.61. The molecule has 0 unspecified atom stereocenters. The third kappa shape index (κ3) is 4.59. The zero-order valence-electron chi connectivity index (χ0n) is 19.9. The lowest BCUT2D eigenvalue weighted by Crippen LogP contribution is -2.39. The van der Waals surface area contributed by atoms with Crippen molar-refractivity contribution in [1.29, 1.82) is 0 Å². The van der Waals surface area contributed by atoms with Crippen molar-refractivity contribution in [2.75, 3.05) is 7.11 Å². The Morgan fingerprint density at radius 1 is 1.13 bits per heavy atom. The van der Waals surface area contributed by atoms with E-state index in [1.54, 1.807) is 25.1 Å². The number of ether oxygens (including phenoxy) is 2. The fourth-order valence-corrected chi connectivity index (χ4v) is 5.30. The molecule has 1 aliphatic heterocycles. The van der Waals surface area contributed by atoms with E-state index < -0.39 is 29.4 Å². The number of esters is 2. The van der Waals surface area contributed by atoms with Crippen LogP contribution in [-0.2, 0) is 9.53 Å². The maximum absolute atomic E-state index is 14.4. The van der Waals surface area contributed by atoms with E-state index in [4.69, 9.17) is 25.5 Å². The zero-order chi connectivity index (χ0) is 27.0. The standard InChI is InChI=1S/C27H18ClFN2O6S/c1-14-22(26(34)35-2)23(15-8-10-16(11-9-15)37-25(33)20-7-4-12-36-20)31-24(32)21(38-27(31)30-14)13-17-18(28)5-3-6-19(17)29/h3-13,23H,1-2H3/b21-13+/t23-/m1/s1. The molecule has 0 bridgehead atoms. The number of hydrogen-bond acceptors (Lipinski definition) is 8. The van der Waals surface area contributed by atoms with Crippen molar-refractivity contribution >= 4 is 41.0 Å². The third-order valence-electron chi connectivity index (χ3n) is 5.83. The van der Waals surface area contributed by atoms with Gasteiger partial charge in [-0.15, -0.1) is 0 Å². The number of methoxy groups -OCH3 is 1. The topological polar surface area (TPSA) is 100 Å². The second-order valence-corrected chi connectivity index (χ2v) is 9.56. The summed E-state index contributed by atoms with van der Waals surface area (Å²) in [5.74, 6) is -1.63. The summed E-state index contributed by atoms with van der Waals surface area (Å²) < 4.78 is 31.3. The number of fused-ring (bicyclic) bond motifs is 1. The van der Waals surface area contributed by atoms with Crippen LogP contribution in [0.1, 0.15) is 34.6 Å². The minimum absolute atomic E-state index is 0.0442. The molecular formula is C27H18ClFN2O6S. The van der Waals surface area contributed by atoms with Crippen molar-refractivity contribution in [2.24, 2.45) is 4.99 Å². The molecular weight excluding hydrogens is 535 g/mol. The molecule has 0 saturated heterocycles. The molecule has 5 rings (SSSR count). The molecule has 0 saturated carbocycles. The first-order chi connectivity index (χ1) is 18.3. The molecule has 11 heteroatoms. The molecule has 3 heterocycles. The van der Waals surface area contributed by atoms with Crippen molar-refractivity contribution in [3.8, 4) is 5.75 Å². The smallest absolute Gasteiger partial charge is 0.379 e. The van der Waals surface area contributed by atoms with Gasteiger partial charge in [-0.1, -0.05) is 41.1 Å². The first-order valence-electron chi connectivity index (χ1n) is 11.2. The fraction of sp³-hybridized carbons (Fsp3) is 0.111. The van der Waals surface area contributed by atoms with E-state index in [-0.39, 0.29) is 32.2 Å². The summed E-state index contributed by atoms with van der Waals surface area (Å²) in [6.45, 7) is 1.64. The maximum atomic E-state index is 14.4. The van der Waals surface area contributed by atoms with Crippen LogP contribution in [-0.4, -0.2) is 23.6 Å². The van der Waals surface area contributed by atoms with Gasteiger partial charge in [0.2, 0.25) is 5.76 Å². The number of rotatable bonds is 5. The van der Waals surface area contributed by atoms with Crippen molar-refractivity contribution in [3.63, 3.8) is 0 Å². The number of carbonyl (C=O) groups is 2. The molecule has 4 aromatic rings. The van der Waals surface area contributed by atoms with E-state index in [2.05, 4.69) is 4.99 Å². The molecule has 0 N–H and O–H groups in total. The van der Waals surface area contributed by atoms with Gasteiger partial charge in [0.1, 0.15) is 11.6 Å². The predicted molar refractivity (Wildman–Crippen MR) is 137 cm³/mol. The van der Waals surface area contributed by atoms with Gasteiger partial charge in [-0.05, 0) is 55.0 Å². The van der Waals surface area contributed by atoms with Crippen molar-refractivity contribution < 1.29 is 27.9 Å². The zero-order valence-corrected chi connectivity index (χ0v) is 21.5. The summed E-state index contributed by atoms with van der Waals surface area (Å²) in [6, 6.07) is 12.7. The number of aromatic nitrogens is 1. The third-order valence-corrected chi connectivity index (χ3v) is 7.14. The Kier molecular flexibility index (Phi) is 6.83. The summed E-state index contributed by atoms with van der Waals surface area (Å²) in [5.41, 5.74) is 0.652. The molecule has 2 aromatic heterocycles. The van der Waals surface area contributed by atoms with Crippen LogP contribution >= 0.6 is 22.9 Å². The summed E-state index contributed by atoms with van der Waals surface area (Å²) in [5, 5.41) is 0.151. The van der Waals surface area contributed by atoms with Gasteiger partial charge in [0.25, 0.3) is 5.56 Å². The van der Waals surface area contributed by atoms with E-state index >= 15 is 0 Å². The first kappa shape index (κ1) is 25.4. The van der Waals surface area contributed by atoms with Gasteiger partial charge in [0.05, 0.1) is 40.2 Å². The minimum atomic E-state index is -0.897. The SMILES string of the molecule is COC(=O)C1=C(C)N=c2s/c(=C/c3c(F)cccc3Cl)c(=O)n2[C@@H]1c1ccc(OC(=O)c2ccco2)cc1. The maximum Gasteiger partial charge on any atom is 0.379 e. The normalized spacial score (nSPS) is 15.2. The largest absolute Gasteiger partial charge is 0.466 e. The van der Waals surface area contributed by atoms with E-state index in [9.17, 15) is 18.8 Å². The highest BCUT2D eigenvalue weighted by atomic mass is 35.5. The average Bonchev–Trinajstić information content (AvgIpc) is 3.54. The Bertz CT molecular complexity index is 1750. The van der Waals surface area contributed by atoms with Crippen molar-refractivity contribution in [1.82, 2.24) is 4.57 Å². The lowest BCUT2D eigenvalue weighted by atomic mass is 9.96. The molecule has 1 aliphatic rings. The number of thiazole rings is 1. The Labute approximate surface area is 223 Å². The molecule has 0 spiro atoms. The summed E-state index contributed by atoms with van der Waals surface area (Å²) in [7, 11) is 1.24. The minimum Gasteiger partial charge on any atom is -0.466 e. The molecule has 0 fully saturated rings. The van der Waals surface area contributed by atoms with E-state index in [1.807, 2.05) is 0 Å². The van der Waals surface area contributed by atoms with Crippen molar-refractivity contribution in [2.45, 2.75) is 13.0 Å². The van der Waals surface area contributed by atoms with Gasteiger partial charge >= 0.3 is 11.9 Å². The lowest BCUT2D eigenvalue weighted by Gasteiger charge is -2.24. The van der Waals surface area contributed by atoms with Crippen LogP contribution in [0.2, 0.25) is 5.02 Å². The number of halogens is 2. The fourth-order valence-electron chi connectivity index (χ4n) is 4.06. The van der Waals surface area contributed by atoms with E-state index in [0.717, 1.165) is 11.3 Å². The summed E-state index contributed by atoms with van der Waals surface area (Å²) in [4.78, 5) is 43.4. The summed E-state index contributed by atoms with van der Waals surface area (Å²) >= 11 is 7.21. The van der Waals surface area contributed by atoms with Gasteiger partial charge in [-0.3, -0.25) is 9.36 Å². The molecule has 0 amide bonds. The molecule has 8 nitrogen and oxygen atoms in total. The number of allylic oxidation sites excluding steroid dienone is 1.